The highest BCUT2D eigenvalue weighted by molar-refractivity contribution is 6.10. The van der Waals surface area contributed by atoms with E-state index in [1.807, 2.05) is 43.3 Å². The van der Waals surface area contributed by atoms with Crippen molar-refractivity contribution in [3.63, 3.8) is 0 Å². The lowest BCUT2D eigenvalue weighted by Gasteiger charge is -2.10. The lowest BCUT2D eigenvalue weighted by molar-refractivity contribution is 1.06. The number of para-hydroxylation sites is 2. The number of hydrogen-bond donors (Lipinski definition) is 1. The van der Waals surface area contributed by atoms with Gasteiger partial charge in [-0.2, -0.15) is 9.97 Å². The Morgan fingerprint density at radius 1 is 0.657 bits per heavy atom. The molecule has 2 heterocycles. The predicted octanol–water partition coefficient (Wildman–Crippen LogP) is 7.25. The van der Waals surface area contributed by atoms with Crippen molar-refractivity contribution in [3.05, 3.63) is 115 Å². The number of benzene rings is 4. The Morgan fingerprint density at radius 3 is 2.03 bits per heavy atom. The van der Waals surface area contributed by atoms with E-state index < -0.39 is 0 Å². The number of nitrogens with one attached hydrogen (secondary N) is 1. The summed E-state index contributed by atoms with van der Waals surface area (Å²) in [7, 11) is 0. The predicted molar refractivity (Wildman–Crippen MR) is 143 cm³/mol. The fraction of sp³-hybridized carbons (Fsp3) is 0.0333. The minimum absolute atomic E-state index is 0.477. The van der Waals surface area contributed by atoms with Crippen LogP contribution >= 0.6 is 0 Å². The van der Waals surface area contributed by atoms with Crippen molar-refractivity contribution in [1.29, 1.82) is 0 Å². The summed E-state index contributed by atoms with van der Waals surface area (Å²) in [5.41, 5.74) is 5.99. The van der Waals surface area contributed by atoms with Gasteiger partial charge in [-0.15, -0.1) is 0 Å². The highest BCUT2D eigenvalue weighted by atomic mass is 15.2. The van der Waals surface area contributed by atoms with Crippen molar-refractivity contribution in [2.75, 3.05) is 5.32 Å². The van der Waals surface area contributed by atoms with E-state index in [0.29, 0.717) is 17.6 Å². The van der Waals surface area contributed by atoms with E-state index in [-0.39, 0.29) is 0 Å². The Labute approximate surface area is 203 Å². The Hall–Kier alpha value is -4.77. The molecule has 5 nitrogen and oxygen atoms in total. The van der Waals surface area contributed by atoms with Gasteiger partial charge < -0.3 is 9.88 Å². The third-order valence-electron chi connectivity index (χ3n) is 5.94. The SMILES string of the molecule is C=C(C)Nc1nc(-c2ccccc2)nc(-c2ccc3c4ccccc4n(-c4ccccc4)c3c2)n1. The molecule has 0 saturated heterocycles. The van der Waals surface area contributed by atoms with E-state index in [9.17, 15) is 0 Å². The molecule has 6 rings (SSSR count). The molecule has 5 heteroatoms. The summed E-state index contributed by atoms with van der Waals surface area (Å²) in [6, 6.07) is 35.3. The van der Waals surface area contributed by atoms with Crippen molar-refractivity contribution < 1.29 is 0 Å². The van der Waals surface area contributed by atoms with Gasteiger partial charge in [-0.1, -0.05) is 85.4 Å². The van der Waals surface area contributed by atoms with Crippen LogP contribution in [0.4, 0.5) is 5.95 Å². The number of fused-ring (bicyclic) bond motifs is 3. The summed E-state index contributed by atoms with van der Waals surface area (Å²) >= 11 is 0. The second kappa shape index (κ2) is 8.54. The zero-order chi connectivity index (χ0) is 23.8. The van der Waals surface area contributed by atoms with Gasteiger partial charge in [0.2, 0.25) is 5.95 Å². The summed E-state index contributed by atoms with van der Waals surface area (Å²) in [6.07, 6.45) is 0. The van der Waals surface area contributed by atoms with Crippen molar-refractivity contribution in [1.82, 2.24) is 19.5 Å². The molecule has 0 unspecified atom stereocenters. The van der Waals surface area contributed by atoms with Gasteiger partial charge >= 0.3 is 0 Å². The minimum atomic E-state index is 0.477. The summed E-state index contributed by atoms with van der Waals surface area (Å²) < 4.78 is 2.29. The second-order valence-corrected chi connectivity index (χ2v) is 8.50. The molecule has 0 fully saturated rings. The monoisotopic (exact) mass is 453 g/mol. The molecule has 0 radical (unpaired) electrons. The van der Waals surface area contributed by atoms with Crippen LogP contribution in [0.2, 0.25) is 0 Å². The quantitative estimate of drug-likeness (QED) is 0.299. The summed E-state index contributed by atoms with van der Waals surface area (Å²) in [4.78, 5) is 14.2. The van der Waals surface area contributed by atoms with Gasteiger partial charge in [0.05, 0.1) is 11.0 Å². The van der Waals surface area contributed by atoms with Crippen molar-refractivity contribution in [2.45, 2.75) is 6.92 Å². The van der Waals surface area contributed by atoms with Gasteiger partial charge in [-0.05, 0) is 31.2 Å². The van der Waals surface area contributed by atoms with Crippen LogP contribution in [0.5, 0.6) is 0 Å². The molecule has 4 aromatic carbocycles. The maximum Gasteiger partial charge on any atom is 0.231 e. The van der Waals surface area contributed by atoms with Crippen LogP contribution in [-0.2, 0) is 0 Å². The van der Waals surface area contributed by atoms with E-state index in [4.69, 9.17) is 9.97 Å². The molecule has 6 aromatic rings. The lowest BCUT2D eigenvalue weighted by atomic mass is 10.1. The van der Waals surface area contributed by atoms with E-state index in [0.717, 1.165) is 33.5 Å². The third-order valence-corrected chi connectivity index (χ3v) is 5.94. The van der Waals surface area contributed by atoms with Crippen molar-refractivity contribution in [3.8, 4) is 28.5 Å². The fourth-order valence-corrected chi connectivity index (χ4v) is 4.43. The number of anilines is 1. The average molecular weight is 454 g/mol. The molecule has 0 bridgehead atoms. The summed E-state index contributed by atoms with van der Waals surface area (Å²) in [6.45, 7) is 5.84. The van der Waals surface area contributed by atoms with E-state index >= 15 is 0 Å². The average Bonchev–Trinajstić information content (AvgIpc) is 3.23. The third kappa shape index (κ3) is 3.83. The molecular formula is C30H23N5. The van der Waals surface area contributed by atoms with Crippen LogP contribution in [0.25, 0.3) is 50.3 Å². The van der Waals surface area contributed by atoms with Crippen LogP contribution in [0, 0.1) is 0 Å². The summed E-state index contributed by atoms with van der Waals surface area (Å²) in [5, 5.41) is 5.56. The van der Waals surface area contributed by atoms with E-state index in [2.05, 4.69) is 88.2 Å². The molecule has 0 aliphatic carbocycles. The Balaban J connectivity index is 1.59. The van der Waals surface area contributed by atoms with E-state index in [1.165, 1.54) is 10.8 Å². The second-order valence-electron chi connectivity index (χ2n) is 8.50. The number of rotatable bonds is 5. The maximum atomic E-state index is 4.84. The molecule has 0 aliphatic rings. The first kappa shape index (κ1) is 20.8. The van der Waals surface area contributed by atoms with E-state index in [1.54, 1.807) is 0 Å². The molecule has 0 aliphatic heterocycles. The molecule has 0 atom stereocenters. The minimum Gasteiger partial charge on any atom is -0.329 e. The number of aromatic nitrogens is 4. The van der Waals surface area contributed by atoms with Gasteiger partial charge in [0, 0.05) is 33.3 Å². The number of allylic oxidation sites excluding steroid dienone is 1. The Kier molecular flexibility index (Phi) is 5.08. The normalized spacial score (nSPS) is 11.1. The molecule has 0 amide bonds. The number of nitrogens with zero attached hydrogens (tertiary/aromatic N) is 4. The van der Waals surface area contributed by atoms with Gasteiger partial charge in [-0.3, -0.25) is 0 Å². The highest BCUT2D eigenvalue weighted by Crippen LogP contribution is 2.34. The van der Waals surface area contributed by atoms with Crippen LogP contribution in [-0.4, -0.2) is 19.5 Å². The largest absolute Gasteiger partial charge is 0.329 e. The zero-order valence-corrected chi connectivity index (χ0v) is 19.3. The molecule has 2 aromatic heterocycles. The smallest absolute Gasteiger partial charge is 0.231 e. The fourth-order valence-electron chi connectivity index (χ4n) is 4.43. The molecule has 0 saturated carbocycles. The first-order chi connectivity index (χ1) is 17.2. The molecule has 1 N–H and O–H groups in total. The highest BCUT2D eigenvalue weighted by Gasteiger charge is 2.15. The first-order valence-electron chi connectivity index (χ1n) is 11.5. The maximum absolute atomic E-state index is 4.84. The molecular weight excluding hydrogens is 430 g/mol. The Morgan fingerprint density at radius 2 is 1.29 bits per heavy atom. The zero-order valence-electron chi connectivity index (χ0n) is 19.3. The van der Waals surface area contributed by atoms with Gasteiger partial charge in [0.1, 0.15) is 0 Å². The lowest BCUT2D eigenvalue weighted by Crippen LogP contribution is -2.05. The molecule has 168 valence electrons. The van der Waals surface area contributed by atoms with Crippen molar-refractivity contribution >= 4 is 27.8 Å². The van der Waals surface area contributed by atoms with Crippen LogP contribution in [0.15, 0.2) is 115 Å². The van der Waals surface area contributed by atoms with Crippen LogP contribution in [0.1, 0.15) is 6.92 Å². The van der Waals surface area contributed by atoms with Gasteiger partial charge in [0.15, 0.2) is 11.6 Å². The van der Waals surface area contributed by atoms with Crippen molar-refractivity contribution in [2.24, 2.45) is 0 Å². The molecule has 0 spiro atoms. The topological polar surface area (TPSA) is 55.6 Å². The van der Waals surface area contributed by atoms with Crippen LogP contribution < -0.4 is 5.32 Å². The first-order valence-corrected chi connectivity index (χ1v) is 11.5. The Bertz CT molecular complexity index is 1680. The van der Waals surface area contributed by atoms with Crippen LogP contribution in [0.3, 0.4) is 0 Å². The van der Waals surface area contributed by atoms with Gasteiger partial charge in [0.25, 0.3) is 0 Å². The number of hydrogen-bond acceptors (Lipinski definition) is 4. The molecule has 35 heavy (non-hydrogen) atoms. The van der Waals surface area contributed by atoms with Gasteiger partial charge in [-0.25, -0.2) is 4.98 Å². The summed E-state index contributed by atoms with van der Waals surface area (Å²) in [5.74, 6) is 1.70. The standard InChI is InChI=1S/C30H23N5/c1-20(2)31-30-33-28(21-11-5-3-6-12-21)32-29(34-30)22-17-18-25-24-15-9-10-16-26(24)35(27(25)19-22)23-13-7-4-8-14-23/h3-19H,1H2,2H3,(H,31,32,33,34).